The molecule has 0 bridgehead atoms. The highest BCUT2D eigenvalue weighted by Crippen LogP contribution is 2.20. The van der Waals surface area contributed by atoms with Crippen molar-refractivity contribution in [2.75, 3.05) is 0 Å². The minimum atomic E-state index is 0.0876. The van der Waals surface area contributed by atoms with Gasteiger partial charge < -0.3 is 5.73 Å². The Morgan fingerprint density at radius 2 is 0.654 bits per heavy atom. The van der Waals surface area contributed by atoms with Crippen LogP contribution in [-0.4, -0.2) is 5.54 Å². The molecular formula is C25H53N. The van der Waals surface area contributed by atoms with Crippen molar-refractivity contribution in [3.63, 3.8) is 0 Å². The van der Waals surface area contributed by atoms with Crippen LogP contribution < -0.4 is 5.73 Å². The normalized spacial score (nSPS) is 13.8. The molecule has 1 heteroatoms. The highest BCUT2D eigenvalue weighted by molar-refractivity contribution is 4.78. The van der Waals surface area contributed by atoms with Crippen molar-refractivity contribution in [1.82, 2.24) is 0 Å². The van der Waals surface area contributed by atoms with Gasteiger partial charge in [-0.15, -0.1) is 0 Å². The fraction of sp³-hybridized carbons (Fsp3) is 1.00. The average Bonchev–Trinajstić information content (AvgIpc) is 2.62. The third kappa shape index (κ3) is 20.3. The van der Waals surface area contributed by atoms with Crippen molar-refractivity contribution in [1.29, 1.82) is 0 Å². The molecule has 1 unspecified atom stereocenters. The molecular weight excluding hydrogens is 314 g/mol. The van der Waals surface area contributed by atoms with Crippen molar-refractivity contribution in [2.45, 2.75) is 161 Å². The van der Waals surface area contributed by atoms with Gasteiger partial charge in [-0.05, 0) is 19.8 Å². The van der Waals surface area contributed by atoms with Crippen molar-refractivity contribution in [3.8, 4) is 0 Å². The maximum atomic E-state index is 6.45. The number of hydrogen-bond donors (Lipinski definition) is 1. The summed E-state index contributed by atoms with van der Waals surface area (Å²) in [6.45, 7) is 6.84. The van der Waals surface area contributed by atoms with E-state index in [0.29, 0.717) is 0 Å². The molecule has 0 saturated heterocycles. The predicted molar refractivity (Wildman–Crippen MR) is 121 cm³/mol. The topological polar surface area (TPSA) is 26.0 Å². The average molecular weight is 368 g/mol. The van der Waals surface area contributed by atoms with Gasteiger partial charge in [-0.25, -0.2) is 0 Å². The molecule has 0 saturated carbocycles. The summed E-state index contributed by atoms with van der Waals surface area (Å²) in [4.78, 5) is 0. The van der Waals surface area contributed by atoms with E-state index in [-0.39, 0.29) is 5.54 Å². The van der Waals surface area contributed by atoms with Gasteiger partial charge in [0.2, 0.25) is 0 Å². The van der Waals surface area contributed by atoms with Gasteiger partial charge in [0.05, 0.1) is 0 Å². The maximum Gasteiger partial charge on any atom is 0.0125 e. The lowest BCUT2D eigenvalue weighted by Crippen LogP contribution is -2.35. The Morgan fingerprint density at radius 1 is 0.423 bits per heavy atom. The van der Waals surface area contributed by atoms with Crippen LogP contribution in [0.25, 0.3) is 0 Å². The SMILES string of the molecule is CCCCCCCCCCCCCCCCCC(C)(N)CCCCCC. The third-order valence-electron chi connectivity index (χ3n) is 5.95. The zero-order valence-electron chi connectivity index (χ0n) is 18.9. The monoisotopic (exact) mass is 367 g/mol. The number of hydrogen-bond acceptors (Lipinski definition) is 1. The second-order valence-corrected chi connectivity index (χ2v) is 9.16. The van der Waals surface area contributed by atoms with Crippen LogP contribution in [0.1, 0.15) is 156 Å². The van der Waals surface area contributed by atoms with E-state index in [1.165, 1.54) is 135 Å². The van der Waals surface area contributed by atoms with Gasteiger partial charge in [0.15, 0.2) is 0 Å². The molecule has 2 N–H and O–H groups in total. The third-order valence-corrected chi connectivity index (χ3v) is 5.95. The van der Waals surface area contributed by atoms with E-state index in [0.717, 1.165) is 0 Å². The molecule has 0 heterocycles. The molecule has 26 heavy (non-hydrogen) atoms. The molecule has 0 aliphatic heterocycles. The Labute approximate surface area is 167 Å². The fourth-order valence-electron chi connectivity index (χ4n) is 3.98. The summed E-state index contributed by atoms with van der Waals surface area (Å²) in [6, 6.07) is 0. The van der Waals surface area contributed by atoms with Gasteiger partial charge in [-0.3, -0.25) is 0 Å². The quantitative estimate of drug-likeness (QED) is 0.201. The Hall–Kier alpha value is -0.0400. The van der Waals surface area contributed by atoms with E-state index in [2.05, 4.69) is 20.8 Å². The van der Waals surface area contributed by atoms with E-state index in [1.54, 1.807) is 0 Å². The van der Waals surface area contributed by atoms with E-state index in [4.69, 9.17) is 5.73 Å². The Bertz CT molecular complexity index is 259. The van der Waals surface area contributed by atoms with Crippen LogP contribution in [0, 0.1) is 0 Å². The van der Waals surface area contributed by atoms with Crippen LogP contribution in [-0.2, 0) is 0 Å². The number of unbranched alkanes of at least 4 members (excludes halogenated alkanes) is 17. The second kappa shape index (κ2) is 19.7. The predicted octanol–water partition coefficient (Wildman–Crippen LogP) is 8.94. The van der Waals surface area contributed by atoms with E-state index in [1.807, 2.05) is 0 Å². The van der Waals surface area contributed by atoms with Gasteiger partial charge in [-0.1, -0.05) is 136 Å². The minimum absolute atomic E-state index is 0.0876. The molecule has 0 rings (SSSR count). The minimum Gasteiger partial charge on any atom is -0.325 e. The standard InChI is InChI=1S/C25H53N/c1-4-6-8-10-11-12-13-14-15-16-17-18-19-20-22-24-25(3,26)23-21-9-7-5-2/h4-24,26H2,1-3H3. The molecule has 0 spiro atoms. The van der Waals surface area contributed by atoms with Crippen LogP contribution in [0.5, 0.6) is 0 Å². The lowest BCUT2D eigenvalue weighted by molar-refractivity contribution is 0.364. The highest BCUT2D eigenvalue weighted by atomic mass is 14.7. The van der Waals surface area contributed by atoms with Gasteiger partial charge in [0.25, 0.3) is 0 Å². The molecule has 0 fully saturated rings. The van der Waals surface area contributed by atoms with Crippen LogP contribution >= 0.6 is 0 Å². The van der Waals surface area contributed by atoms with Gasteiger partial charge >= 0.3 is 0 Å². The first kappa shape index (κ1) is 26.0. The van der Waals surface area contributed by atoms with E-state index >= 15 is 0 Å². The zero-order valence-corrected chi connectivity index (χ0v) is 18.9. The molecule has 158 valence electrons. The Kier molecular flexibility index (Phi) is 19.7. The molecule has 0 aromatic heterocycles. The summed E-state index contributed by atoms with van der Waals surface area (Å²) in [5, 5.41) is 0. The lowest BCUT2D eigenvalue weighted by Gasteiger charge is -2.24. The highest BCUT2D eigenvalue weighted by Gasteiger charge is 2.16. The van der Waals surface area contributed by atoms with Crippen LogP contribution in [0.15, 0.2) is 0 Å². The van der Waals surface area contributed by atoms with Crippen molar-refractivity contribution < 1.29 is 0 Å². The maximum absolute atomic E-state index is 6.45. The summed E-state index contributed by atoms with van der Waals surface area (Å²) in [6.07, 6.45) is 29.4. The molecule has 0 amide bonds. The van der Waals surface area contributed by atoms with E-state index in [9.17, 15) is 0 Å². The summed E-state index contributed by atoms with van der Waals surface area (Å²) >= 11 is 0. The smallest absolute Gasteiger partial charge is 0.0125 e. The Morgan fingerprint density at radius 3 is 0.962 bits per heavy atom. The Balaban J connectivity index is 3.21. The molecule has 0 aliphatic rings. The second-order valence-electron chi connectivity index (χ2n) is 9.16. The molecule has 0 radical (unpaired) electrons. The molecule has 1 nitrogen and oxygen atoms in total. The first-order chi connectivity index (χ1) is 12.6. The number of rotatable bonds is 21. The van der Waals surface area contributed by atoms with Crippen molar-refractivity contribution in [2.24, 2.45) is 5.73 Å². The molecule has 1 atom stereocenters. The molecule has 0 aliphatic carbocycles. The van der Waals surface area contributed by atoms with Gasteiger partial charge in [0, 0.05) is 5.54 Å². The summed E-state index contributed by atoms with van der Waals surface area (Å²) in [5.41, 5.74) is 6.54. The zero-order chi connectivity index (χ0) is 19.3. The fourth-order valence-corrected chi connectivity index (χ4v) is 3.98. The van der Waals surface area contributed by atoms with Crippen LogP contribution in [0.3, 0.4) is 0 Å². The van der Waals surface area contributed by atoms with Crippen molar-refractivity contribution >= 4 is 0 Å². The van der Waals surface area contributed by atoms with Gasteiger partial charge in [-0.2, -0.15) is 0 Å². The van der Waals surface area contributed by atoms with Gasteiger partial charge in [0.1, 0.15) is 0 Å². The van der Waals surface area contributed by atoms with Crippen LogP contribution in [0.2, 0.25) is 0 Å². The lowest BCUT2D eigenvalue weighted by atomic mass is 9.89. The van der Waals surface area contributed by atoms with Crippen molar-refractivity contribution in [3.05, 3.63) is 0 Å². The first-order valence-electron chi connectivity index (χ1n) is 12.4. The molecule has 0 aromatic carbocycles. The van der Waals surface area contributed by atoms with Crippen LogP contribution in [0.4, 0.5) is 0 Å². The summed E-state index contributed by atoms with van der Waals surface area (Å²) < 4.78 is 0. The number of nitrogens with two attached hydrogens (primary N) is 1. The van der Waals surface area contributed by atoms with E-state index < -0.39 is 0 Å². The largest absolute Gasteiger partial charge is 0.325 e. The molecule has 0 aromatic rings. The first-order valence-corrected chi connectivity index (χ1v) is 12.4. The summed E-state index contributed by atoms with van der Waals surface area (Å²) in [5.74, 6) is 0. The summed E-state index contributed by atoms with van der Waals surface area (Å²) in [7, 11) is 0.